The highest BCUT2D eigenvalue weighted by Gasteiger charge is 2.38. The molecule has 0 unspecified atom stereocenters. The smallest absolute Gasteiger partial charge is 0.435 e. The molecule has 1 fully saturated rings. The number of rotatable bonds is 5. The van der Waals surface area contributed by atoms with Crippen molar-refractivity contribution in [3.05, 3.63) is 46.0 Å². The Hall–Kier alpha value is -2.55. The fourth-order valence-corrected chi connectivity index (χ4v) is 4.49. The Labute approximate surface area is 175 Å². The standard InChI is InChI=1S/C21H20F3N3O2S/c1-12(10-27-16(13-2-3-13)9-19(26-27)21(22,23)24)20-25-15(11-30-20)14-4-5-17-18(8-14)29-7-6-28-17/h4-5,8-9,11-13H,2-3,6-7,10H2,1H3/t12-/m1/s1. The van der Waals surface area contributed by atoms with Gasteiger partial charge in [-0.15, -0.1) is 11.3 Å². The third kappa shape index (κ3) is 3.78. The van der Waals surface area contributed by atoms with Crippen LogP contribution in [0.2, 0.25) is 0 Å². The van der Waals surface area contributed by atoms with Crippen LogP contribution in [0.4, 0.5) is 13.2 Å². The number of aromatic nitrogens is 3. The van der Waals surface area contributed by atoms with Gasteiger partial charge in [0.05, 0.1) is 17.2 Å². The van der Waals surface area contributed by atoms with Crippen molar-refractivity contribution >= 4 is 11.3 Å². The van der Waals surface area contributed by atoms with Gasteiger partial charge in [0, 0.05) is 28.5 Å². The molecule has 1 saturated carbocycles. The van der Waals surface area contributed by atoms with Crippen LogP contribution >= 0.6 is 11.3 Å². The van der Waals surface area contributed by atoms with Crippen molar-refractivity contribution in [2.24, 2.45) is 0 Å². The lowest BCUT2D eigenvalue weighted by Crippen LogP contribution is -2.15. The third-order valence-electron chi connectivity index (χ3n) is 5.33. The molecular weight excluding hydrogens is 415 g/mol. The maximum atomic E-state index is 13.1. The summed E-state index contributed by atoms with van der Waals surface area (Å²) in [7, 11) is 0. The van der Waals surface area contributed by atoms with Gasteiger partial charge in [-0.25, -0.2) is 4.98 Å². The number of alkyl halides is 3. The molecule has 0 bridgehead atoms. The fourth-order valence-electron chi connectivity index (χ4n) is 3.61. The molecule has 30 heavy (non-hydrogen) atoms. The lowest BCUT2D eigenvalue weighted by molar-refractivity contribution is -0.141. The minimum atomic E-state index is -4.43. The van der Waals surface area contributed by atoms with Crippen LogP contribution in [0.1, 0.15) is 48.0 Å². The van der Waals surface area contributed by atoms with E-state index in [1.165, 1.54) is 22.1 Å². The van der Waals surface area contributed by atoms with Crippen LogP contribution in [0.3, 0.4) is 0 Å². The van der Waals surface area contributed by atoms with Gasteiger partial charge in [0.2, 0.25) is 0 Å². The molecule has 9 heteroatoms. The molecule has 0 N–H and O–H groups in total. The van der Waals surface area contributed by atoms with E-state index in [-0.39, 0.29) is 11.8 Å². The van der Waals surface area contributed by atoms with Gasteiger partial charge >= 0.3 is 6.18 Å². The molecule has 2 aliphatic rings. The molecule has 2 aromatic heterocycles. The summed E-state index contributed by atoms with van der Waals surface area (Å²) in [5.41, 5.74) is 1.61. The molecule has 0 saturated heterocycles. The number of hydrogen-bond acceptors (Lipinski definition) is 5. The lowest BCUT2D eigenvalue weighted by Gasteiger charge is -2.18. The Morgan fingerprint density at radius 2 is 1.93 bits per heavy atom. The molecule has 1 aromatic carbocycles. The van der Waals surface area contributed by atoms with E-state index in [1.807, 2.05) is 30.5 Å². The molecule has 0 radical (unpaired) electrons. The number of fused-ring (bicyclic) bond motifs is 1. The summed E-state index contributed by atoms with van der Waals surface area (Å²) >= 11 is 1.50. The van der Waals surface area contributed by atoms with E-state index in [1.54, 1.807) is 0 Å². The zero-order valence-corrected chi connectivity index (χ0v) is 17.1. The van der Waals surface area contributed by atoms with Crippen molar-refractivity contribution < 1.29 is 22.6 Å². The molecule has 1 aliphatic carbocycles. The van der Waals surface area contributed by atoms with Crippen molar-refractivity contribution in [3.63, 3.8) is 0 Å². The summed E-state index contributed by atoms with van der Waals surface area (Å²) in [6.45, 7) is 3.40. The van der Waals surface area contributed by atoms with Crippen molar-refractivity contribution in [2.75, 3.05) is 13.2 Å². The summed E-state index contributed by atoms with van der Waals surface area (Å²) in [6, 6.07) is 6.92. The molecule has 0 amide bonds. The van der Waals surface area contributed by atoms with Crippen LogP contribution < -0.4 is 9.47 Å². The fraction of sp³-hybridized carbons (Fsp3) is 0.429. The predicted molar refractivity (Wildman–Crippen MR) is 106 cm³/mol. The Kier molecular flexibility index (Phi) is 4.72. The topological polar surface area (TPSA) is 49.2 Å². The van der Waals surface area contributed by atoms with Crippen molar-refractivity contribution in [3.8, 4) is 22.8 Å². The highest BCUT2D eigenvalue weighted by Crippen LogP contribution is 2.43. The van der Waals surface area contributed by atoms with E-state index in [2.05, 4.69) is 5.10 Å². The summed E-state index contributed by atoms with van der Waals surface area (Å²) in [5.74, 6) is 1.55. The van der Waals surface area contributed by atoms with Crippen molar-refractivity contribution in [1.82, 2.24) is 14.8 Å². The van der Waals surface area contributed by atoms with Crippen molar-refractivity contribution in [1.29, 1.82) is 0 Å². The SMILES string of the molecule is C[C@H](Cn1nc(C(F)(F)F)cc1C1CC1)c1nc(-c2ccc3c(c2)OCCO3)cs1. The zero-order valence-electron chi connectivity index (χ0n) is 16.3. The Bertz CT molecular complexity index is 1070. The second kappa shape index (κ2) is 7.30. The molecule has 3 heterocycles. The molecule has 1 aliphatic heterocycles. The third-order valence-corrected chi connectivity index (χ3v) is 6.40. The second-order valence-corrected chi connectivity index (χ2v) is 8.63. The minimum Gasteiger partial charge on any atom is -0.486 e. The van der Waals surface area contributed by atoms with Gasteiger partial charge in [-0.2, -0.15) is 18.3 Å². The Balaban J connectivity index is 1.36. The summed E-state index contributed by atoms with van der Waals surface area (Å²) < 4.78 is 52.1. The Morgan fingerprint density at radius 1 is 1.17 bits per heavy atom. The average molecular weight is 435 g/mol. The molecule has 3 aromatic rings. The molecule has 0 spiro atoms. The largest absolute Gasteiger partial charge is 0.486 e. The van der Waals surface area contributed by atoms with Gasteiger partial charge in [-0.05, 0) is 37.1 Å². The minimum absolute atomic E-state index is 0.0561. The summed E-state index contributed by atoms with van der Waals surface area (Å²) in [4.78, 5) is 4.73. The highest BCUT2D eigenvalue weighted by atomic mass is 32.1. The first-order valence-corrected chi connectivity index (χ1v) is 10.8. The quantitative estimate of drug-likeness (QED) is 0.533. The molecule has 5 nitrogen and oxygen atoms in total. The molecule has 158 valence electrons. The van der Waals surface area contributed by atoms with E-state index in [0.717, 1.165) is 34.9 Å². The summed E-state index contributed by atoms with van der Waals surface area (Å²) in [5, 5.41) is 6.69. The maximum absolute atomic E-state index is 13.1. The average Bonchev–Trinajstić information content (AvgIpc) is 3.27. The number of thiazole rings is 1. The number of halogens is 3. The predicted octanol–water partition coefficient (Wildman–Crippen LogP) is 5.48. The van der Waals surface area contributed by atoms with E-state index in [0.29, 0.717) is 31.2 Å². The maximum Gasteiger partial charge on any atom is 0.435 e. The first-order chi connectivity index (χ1) is 14.4. The van der Waals surface area contributed by atoms with E-state index in [9.17, 15) is 13.2 Å². The normalized spacial score (nSPS) is 17.2. The van der Waals surface area contributed by atoms with E-state index in [4.69, 9.17) is 14.5 Å². The number of nitrogens with zero attached hydrogens (tertiary/aromatic N) is 3. The second-order valence-electron chi connectivity index (χ2n) is 7.74. The molecule has 1 atom stereocenters. The van der Waals surface area contributed by atoms with Crippen LogP contribution in [0.5, 0.6) is 11.5 Å². The first-order valence-electron chi connectivity index (χ1n) is 9.89. The molecule has 5 rings (SSSR count). The monoisotopic (exact) mass is 435 g/mol. The Morgan fingerprint density at radius 3 is 2.67 bits per heavy atom. The van der Waals surface area contributed by atoms with Gasteiger partial charge in [-0.3, -0.25) is 4.68 Å². The lowest BCUT2D eigenvalue weighted by atomic mass is 10.1. The van der Waals surface area contributed by atoms with Gasteiger partial charge in [-0.1, -0.05) is 6.92 Å². The van der Waals surface area contributed by atoms with Crippen LogP contribution in [0.25, 0.3) is 11.3 Å². The van der Waals surface area contributed by atoms with Gasteiger partial charge in [0.1, 0.15) is 13.2 Å². The highest BCUT2D eigenvalue weighted by molar-refractivity contribution is 7.10. The summed E-state index contributed by atoms with van der Waals surface area (Å²) in [6.07, 6.45) is -2.59. The number of hydrogen-bond donors (Lipinski definition) is 0. The van der Waals surface area contributed by atoms with E-state index < -0.39 is 11.9 Å². The van der Waals surface area contributed by atoms with Crippen LogP contribution in [0, 0.1) is 0 Å². The van der Waals surface area contributed by atoms with Crippen molar-refractivity contribution in [2.45, 2.75) is 44.3 Å². The zero-order chi connectivity index (χ0) is 20.9. The van der Waals surface area contributed by atoms with Crippen LogP contribution in [0.15, 0.2) is 29.6 Å². The van der Waals surface area contributed by atoms with Gasteiger partial charge < -0.3 is 9.47 Å². The van der Waals surface area contributed by atoms with Crippen LogP contribution in [-0.2, 0) is 12.7 Å². The van der Waals surface area contributed by atoms with Gasteiger partial charge in [0.15, 0.2) is 17.2 Å². The number of benzene rings is 1. The first kappa shape index (κ1) is 19.4. The van der Waals surface area contributed by atoms with E-state index >= 15 is 0 Å². The van der Waals surface area contributed by atoms with Gasteiger partial charge in [0.25, 0.3) is 0 Å². The van der Waals surface area contributed by atoms with Crippen LogP contribution in [-0.4, -0.2) is 28.0 Å². The molecular formula is C21H20F3N3O2S. The number of ether oxygens (including phenoxy) is 2.